The van der Waals surface area contributed by atoms with E-state index in [1.54, 1.807) is 29.8 Å². The molecule has 6 nitrogen and oxygen atoms in total. The Morgan fingerprint density at radius 3 is 2.96 bits per heavy atom. The van der Waals surface area contributed by atoms with Crippen LogP contribution < -0.4 is 5.32 Å². The van der Waals surface area contributed by atoms with Gasteiger partial charge < -0.3 is 9.64 Å². The number of halogens is 1. The first-order valence-electron chi connectivity index (χ1n) is 6.90. The van der Waals surface area contributed by atoms with Crippen LogP contribution in [-0.4, -0.2) is 41.5 Å². The van der Waals surface area contributed by atoms with E-state index in [1.165, 1.54) is 29.4 Å². The van der Waals surface area contributed by atoms with E-state index in [2.05, 4.69) is 10.3 Å². The first-order valence-corrected chi connectivity index (χ1v) is 7.78. The number of rotatable bonds is 3. The van der Waals surface area contributed by atoms with Crippen LogP contribution in [0, 0.1) is 5.82 Å². The summed E-state index contributed by atoms with van der Waals surface area (Å²) in [4.78, 5) is 29.7. The van der Waals surface area contributed by atoms with E-state index < -0.39 is 23.9 Å². The molecule has 1 saturated heterocycles. The molecule has 0 spiro atoms. The lowest BCUT2D eigenvalue weighted by molar-refractivity contribution is -0.160. The highest BCUT2D eigenvalue weighted by molar-refractivity contribution is 7.13. The first-order chi connectivity index (χ1) is 11.1. The Bertz CT molecular complexity index is 723. The van der Waals surface area contributed by atoms with Crippen LogP contribution >= 0.6 is 11.3 Å². The number of amides is 2. The highest BCUT2D eigenvalue weighted by Crippen LogP contribution is 2.31. The Hall–Kier alpha value is -2.32. The number of carbonyl (C=O) groups excluding carboxylic acids is 2. The van der Waals surface area contributed by atoms with Gasteiger partial charge in [0.25, 0.3) is 5.91 Å². The fourth-order valence-corrected chi connectivity index (χ4v) is 3.01. The predicted octanol–water partition coefficient (Wildman–Crippen LogP) is 1.82. The predicted molar refractivity (Wildman–Crippen MR) is 82.4 cm³/mol. The van der Waals surface area contributed by atoms with Crippen LogP contribution in [0.4, 0.5) is 9.52 Å². The molecule has 2 aromatic rings. The lowest BCUT2D eigenvalue weighted by atomic mass is 9.97. The quantitative estimate of drug-likeness (QED) is 0.929. The van der Waals surface area contributed by atoms with Crippen LogP contribution in [-0.2, 0) is 14.3 Å². The van der Waals surface area contributed by atoms with Crippen LogP contribution in [0.15, 0.2) is 35.8 Å². The number of thiazole rings is 1. The number of ether oxygens (including phenoxy) is 1. The van der Waals surface area contributed by atoms with Gasteiger partial charge in [0.2, 0.25) is 5.91 Å². The molecule has 1 aliphatic rings. The van der Waals surface area contributed by atoms with Gasteiger partial charge in [-0.3, -0.25) is 14.9 Å². The van der Waals surface area contributed by atoms with E-state index in [1.807, 2.05) is 0 Å². The fraction of sp³-hybridized carbons (Fsp3) is 0.267. The maximum atomic E-state index is 14.2. The molecule has 2 atom stereocenters. The van der Waals surface area contributed by atoms with E-state index in [9.17, 15) is 14.0 Å². The third-order valence-corrected chi connectivity index (χ3v) is 4.32. The minimum atomic E-state index is -1.02. The third-order valence-electron chi connectivity index (χ3n) is 3.63. The van der Waals surface area contributed by atoms with Crippen molar-refractivity contribution in [1.29, 1.82) is 0 Å². The summed E-state index contributed by atoms with van der Waals surface area (Å²) in [6.07, 6.45) is 0.546. The maximum Gasteiger partial charge on any atom is 0.257 e. The molecule has 1 N–H and O–H groups in total. The number of benzene rings is 1. The Balaban J connectivity index is 1.91. The van der Waals surface area contributed by atoms with Gasteiger partial charge in [0, 0.05) is 24.2 Å². The van der Waals surface area contributed by atoms with Crippen molar-refractivity contribution < 1.29 is 18.7 Å². The standard InChI is InChI=1S/C15H14FN3O3S/c1-19-11(20)8-22-13(14(21)18-15-17-6-7-23-15)12(19)9-4-2-3-5-10(9)16/h2-7,12-13H,8H2,1H3,(H,17,18,21)/t12-,13-/m1/s1. The Morgan fingerprint density at radius 2 is 2.26 bits per heavy atom. The van der Waals surface area contributed by atoms with Gasteiger partial charge in [-0.2, -0.15) is 0 Å². The number of nitrogens with one attached hydrogen (secondary N) is 1. The second-order valence-corrected chi connectivity index (χ2v) is 5.92. The van der Waals surface area contributed by atoms with Gasteiger partial charge in [0.05, 0.1) is 6.04 Å². The van der Waals surface area contributed by atoms with Gasteiger partial charge in [-0.15, -0.1) is 11.3 Å². The summed E-state index contributed by atoms with van der Waals surface area (Å²) >= 11 is 1.26. The summed E-state index contributed by atoms with van der Waals surface area (Å²) < 4.78 is 19.6. The number of hydrogen-bond donors (Lipinski definition) is 1. The summed E-state index contributed by atoms with van der Waals surface area (Å²) in [6.45, 7) is -0.225. The topological polar surface area (TPSA) is 71.5 Å². The molecule has 1 aliphatic heterocycles. The lowest BCUT2D eigenvalue weighted by Gasteiger charge is -2.38. The molecule has 1 fully saturated rings. The summed E-state index contributed by atoms with van der Waals surface area (Å²) in [5.74, 6) is -1.26. The second-order valence-electron chi connectivity index (χ2n) is 5.03. The van der Waals surface area contributed by atoms with Gasteiger partial charge in [-0.1, -0.05) is 18.2 Å². The summed E-state index contributed by atoms with van der Waals surface area (Å²) in [5, 5.41) is 4.77. The normalized spacial score (nSPS) is 21.3. The fourth-order valence-electron chi connectivity index (χ4n) is 2.48. The Labute approximate surface area is 135 Å². The minimum absolute atomic E-state index is 0.225. The summed E-state index contributed by atoms with van der Waals surface area (Å²) in [6, 6.07) is 5.20. The van der Waals surface area contributed by atoms with E-state index in [0.717, 1.165) is 0 Å². The molecular formula is C15H14FN3O3S. The number of hydrogen-bond acceptors (Lipinski definition) is 5. The van der Waals surface area contributed by atoms with Crippen molar-refractivity contribution in [1.82, 2.24) is 9.88 Å². The van der Waals surface area contributed by atoms with Crippen LogP contribution in [0.5, 0.6) is 0 Å². The molecular weight excluding hydrogens is 321 g/mol. The minimum Gasteiger partial charge on any atom is -0.356 e. The molecule has 3 rings (SSSR count). The van der Waals surface area contributed by atoms with E-state index in [0.29, 0.717) is 5.13 Å². The average molecular weight is 335 g/mol. The maximum absolute atomic E-state index is 14.2. The zero-order chi connectivity index (χ0) is 16.4. The van der Waals surface area contributed by atoms with Crippen molar-refractivity contribution in [2.24, 2.45) is 0 Å². The highest BCUT2D eigenvalue weighted by Gasteiger charge is 2.41. The molecule has 0 unspecified atom stereocenters. The molecule has 0 saturated carbocycles. The second kappa shape index (κ2) is 6.43. The highest BCUT2D eigenvalue weighted by atomic mass is 32.1. The number of carbonyl (C=O) groups is 2. The van der Waals surface area contributed by atoms with Crippen molar-refractivity contribution in [2.75, 3.05) is 19.0 Å². The van der Waals surface area contributed by atoms with Crippen LogP contribution in [0.3, 0.4) is 0 Å². The molecule has 0 aliphatic carbocycles. The first kappa shape index (κ1) is 15.6. The average Bonchev–Trinajstić information content (AvgIpc) is 3.03. The zero-order valence-corrected chi connectivity index (χ0v) is 13.0. The van der Waals surface area contributed by atoms with Crippen molar-refractivity contribution in [2.45, 2.75) is 12.1 Å². The van der Waals surface area contributed by atoms with Gasteiger partial charge in [-0.25, -0.2) is 9.37 Å². The van der Waals surface area contributed by atoms with E-state index >= 15 is 0 Å². The number of nitrogens with zero attached hydrogens (tertiary/aromatic N) is 2. The monoisotopic (exact) mass is 335 g/mol. The molecule has 1 aromatic carbocycles. The van der Waals surface area contributed by atoms with Gasteiger partial charge in [0.1, 0.15) is 12.4 Å². The van der Waals surface area contributed by atoms with Crippen LogP contribution in [0.25, 0.3) is 0 Å². The lowest BCUT2D eigenvalue weighted by Crippen LogP contribution is -2.51. The molecule has 2 heterocycles. The van der Waals surface area contributed by atoms with Crippen molar-refractivity contribution >= 4 is 28.3 Å². The number of aromatic nitrogens is 1. The van der Waals surface area contributed by atoms with Crippen molar-refractivity contribution in [3.8, 4) is 0 Å². The largest absolute Gasteiger partial charge is 0.356 e. The van der Waals surface area contributed by atoms with Gasteiger partial charge in [0.15, 0.2) is 11.2 Å². The van der Waals surface area contributed by atoms with Gasteiger partial charge >= 0.3 is 0 Å². The van der Waals surface area contributed by atoms with Crippen LogP contribution in [0.1, 0.15) is 11.6 Å². The van der Waals surface area contributed by atoms with Crippen LogP contribution in [0.2, 0.25) is 0 Å². The number of likely N-dealkylation sites (N-methyl/N-ethyl adjacent to an activating group) is 1. The van der Waals surface area contributed by atoms with Gasteiger partial charge in [-0.05, 0) is 6.07 Å². The van der Waals surface area contributed by atoms with E-state index in [-0.39, 0.29) is 18.1 Å². The molecule has 23 heavy (non-hydrogen) atoms. The molecule has 1 aromatic heterocycles. The molecule has 120 valence electrons. The van der Waals surface area contributed by atoms with E-state index in [4.69, 9.17) is 4.74 Å². The zero-order valence-electron chi connectivity index (χ0n) is 12.2. The summed E-state index contributed by atoms with van der Waals surface area (Å²) in [5.41, 5.74) is 0.238. The molecule has 0 bridgehead atoms. The number of anilines is 1. The smallest absolute Gasteiger partial charge is 0.257 e. The summed E-state index contributed by atoms with van der Waals surface area (Å²) in [7, 11) is 1.53. The van der Waals surface area contributed by atoms with Crippen molar-refractivity contribution in [3.63, 3.8) is 0 Å². The number of morpholine rings is 1. The third kappa shape index (κ3) is 3.08. The Morgan fingerprint density at radius 1 is 1.48 bits per heavy atom. The molecule has 8 heteroatoms. The molecule has 2 amide bonds. The Kier molecular flexibility index (Phi) is 4.35. The molecule has 0 radical (unpaired) electrons. The van der Waals surface area contributed by atoms with Crippen molar-refractivity contribution in [3.05, 3.63) is 47.2 Å². The SMILES string of the molecule is CN1C(=O)CO[C@@H](C(=O)Nc2nccs2)[C@H]1c1ccccc1F.